The molecule has 80 valence electrons. The zero-order chi connectivity index (χ0) is 10.3. The smallest absolute Gasteiger partial charge is 0.213 e. The van der Waals surface area contributed by atoms with E-state index in [1.807, 2.05) is 12.3 Å². The summed E-state index contributed by atoms with van der Waals surface area (Å²) in [6.45, 7) is 0. The molecule has 3 heteroatoms. The summed E-state index contributed by atoms with van der Waals surface area (Å²) in [6.07, 6.45) is 8.12. The molecule has 3 rings (SSSR count). The van der Waals surface area contributed by atoms with Gasteiger partial charge in [0.1, 0.15) is 5.75 Å². The van der Waals surface area contributed by atoms with Crippen LogP contribution in [0.2, 0.25) is 0 Å². The van der Waals surface area contributed by atoms with Gasteiger partial charge in [-0.15, -0.1) is 0 Å². The van der Waals surface area contributed by atoms with E-state index in [1.165, 1.54) is 18.4 Å². The fourth-order valence-electron chi connectivity index (χ4n) is 2.84. The largest absolute Gasteiger partial charge is 0.462 e. The van der Waals surface area contributed by atoms with E-state index in [9.17, 15) is 0 Å². The third kappa shape index (κ3) is 1.26. The Kier molecular flexibility index (Phi) is 1.96. The molecular formula is C12H15NO2. The molecule has 0 N–H and O–H groups in total. The SMILES string of the molecule is CO[C@@]12CCC[C@@H]1Cc1cnccc1O2. The lowest BCUT2D eigenvalue weighted by atomic mass is 9.91. The molecule has 0 spiro atoms. The third-order valence-electron chi connectivity index (χ3n) is 3.65. The van der Waals surface area contributed by atoms with E-state index in [0.717, 1.165) is 18.6 Å². The van der Waals surface area contributed by atoms with Crippen molar-refractivity contribution < 1.29 is 9.47 Å². The highest BCUT2D eigenvalue weighted by Gasteiger charge is 2.48. The zero-order valence-corrected chi connectivity index (χ0v) is 8.90. The number of fused-ring (bicyclic) bond motifs is 2. The van der Waals surface area contributed by atoms with Gasteiger partial charge in [0.05, 0.1) is 0 Å². The van der Waals surface area contributed by atoms with E-state index >= 15 is 0 Å². The van der Waals surface area contributed by atoms with Crippen LogP contribution in [0.3, 0.4) is 0 Å². The molecule has 0 saturated heterocycles. The second-order valence-corrected chi connectivity index (χ2v) is 4.39. The van der Waals surface area contributed by atoms with Gasteiger partial charge in [0.15, 0.2) is 0 Å². The highest BCUT2D eigenvalue weighted by atomic mass is 16.7. The van der Waals surface area contributed by atoms with Gasteiger partial charge in [-0.3, -0.25) is 4.98 Å². The Balaban J connectivity index is 2.01. The van der Waals surface area contributed by atoms with Gasteiger partial charge in [-0.05, 0) is 25.3 Å². The van der Waals surface area contributed by atoms with Gasteiger partial charge in [-0.1, -0.05) is 0 Å². The van der Waals surface area contributed by atoms with E-state index in [1.54, 1.807) is 13.3 Å². The highest BCUT2D eigenvalue weighted by Crippen LogP contribution is 2.46. The molecule has 3 nitrogen and oxygen atoms in total. The lowest BCUT2D eigenvalue weighted by molar-refractivity contribution is -0.194. The molecular weight excluding hydrogens is 190 g/mol. The predicted octanol–water partition coefficient (Wildman–Crippen LogP) is 2.16. The lowest BCUT2D eigenvalue weighted by Gasteiger charge is -2.39. The number of rotatable bonds is 1. The van der Waals surface area contributed by atoms with Gasteiger partial charge in [-0.2, -0.15) is 0 Å². The molecule has 1 saturated carbocycles. The van der Waals surface area contributed by atoms with Crippen LogP contribution >= 0.6 is 0 Å². The summed E-state index contributed by atoms with van der Waals surface area (Å²) in [5.74, 6) is 1.10. The van der Waals surface area contributed by atoms with Crippen molar-refractivity contribution in [2.45, 2.75) is 31.5 Å². The van der Waals surface area contributed by atoms with Gasteiger partial charge >= 0.3 is 0 Å². The van der Waals surface area contributed by atoms with Gasteiger partial charge in [0.25, 0.3) is 0 Å². The fraction of sp³-hybridized carbons (Fsp3) is 0.583. The number of methoxy groups -OCH3 is 1. The monoisotopic (exact) mass is 205 g/mol. The minimum Gasteiger partial charge on any atom is -0.462 e. The first-order valence-corrected chi connectivity index (χ1v) is 5.51. The minimum absolute atomic E-state index is 0.353. The predicted molar refractivity (Wildman–Crippen MR) is 55.7 cm³/mol. The van der Waals surface area contributed by atoms with Gasteiger partial charge in [0, 0.05) is 37.4 Å². The molecule has 0 radical (unpaired) electrons. The Hall–Kier alpha value is -1.09. The summed E-state index contributed by atoms with van der Waals surface area (Å²) in [4.78, 5) is 4.14. The van der Waals surface area contributed by atoms with Crippen molar-refractivity contribution in [3.63, 3.8) is 0 Å². The normalized spacial score (nSPS) is 33.0. The molecule has 2 atom stereocenters. The summed E-state index contributed by atoms with van der Waals surface area (Å²) < 4.78 is 11.6. The average Bonchev–Trinajstić information content (AvgIpc) is 2.69. The van der Waals surface area contributed by atoms with Crippen molar-refractivity contribution in [2.75, 3.05) is 7.11 Å². The van der Waals surface area contributed by atoms with Crippen LogP contribution in [0.5, 0.6) is 5.75 Å². The molecule has 1 fully saturated rings. The molecule has 2 heterocycles. The Bertz CT molecular complexity index is 380. The first-order valence-electron chi connectivity index (χ1n) is 5.51. The summed E-state index contributed by atoms with van der Waals surface area (Å²) >= 11 is 0. The van der Waals surface area contributed by atoms with Crippen molar-refractivity contribution in [1.82, 2.24) is 4.98 Å². The van der Waals surface area contributed by atoms with Crippen molar-refractivity contribution in [3.8, 4) is 5.75 Å². The quantitative estimate of drug-likeness (QED) is 0.704. The molecule has 0 bridgehead atoms. The van der Waals surface area contributed by atoms with E-state index in [-0.39, 0.29) is 5.79 Å². The van der Waals surface area contributed by atoms with Gasteiger partial charge in [0.2, 0.25) is 5.79 Å². The maximum absolute atomic E-state index is 6.03. The Morgan fingerprint density at radius 2 is 2.53 bits per heavy atom. The molecule has 0 aromatic carbocycles. The number of pyridine rings is 1. The van der Waals surface area contributed by atoms with Crippen LogP contribution in [0.4, 0.5) is 0 Å². The first-order chi connectivity index (χ1) is 7.34. The van der Waals surface area contributed by atoms with Gasteiger partial charge in [-0.25, -0.2) is 0 Å². The highest BCUT2D eigenvalue weighted by molar-refractivity contribution is 5.34. The molecule has 15 heavy (non-hydrogen) atoms. The van der Waals surface area contributed by atoms with Crippen LogP contribution in [0, 0.1) is 5.92 Å². The van der Waals surface area contributed by atoms with E-state index in [0.29, 0.717) is 5.92 Å². The van der Waals surface area contributed by atoms with E-state index < -0.39 is 0 Å². The topological polar surface area (TPSA) is 31.4 Å². The second kappa shape index (κ2) is 3.20. The van der Waals surface area contributed by atoms with E-state index in [2.05, 4.69) is 4.98 Å². The number of aromatic nitrogens is 1. The standard InChI is InChI=1S/C12H15NO2/c1-14-12-5-2-3-10(12)7-9-8-13-6-4-11(9)15-12/h4,6,8,10H,2-3,5,7H2,1H3/t10-,12-/m1/s1. The number of hydrogen-bond acceptors (Lipinski definition) is 3. The molecule has 1 aliphatic carbocycles. The average molecular weight is 205 g/mol. The van der Waals surface area contributed by atoms with Crippen LogP contribution in [0.25, 0.3) is 0 Å². The Labute approximate surface area is 89.4 Å². The summed E-state index contributed by atoms with van der Waals surface area (Å²) in [5, 5.41) is 0. The fourth-order valence-corrected chi connectivity index (χ4v) is 2.84. The summed E-state index contributed by atoms with van der Waals surface area (Å²) in [7, 11) is 1.75. The van der Waals surface area contributed by atoms with E-state index in [4.69, 9.17) is 9.47 Å². The zero-order valence-electron chi connectivity index (χ0n) is 8.90. The maximum Gasteiger partial charge on any atom is 0.213 e. The molecule has 0 unspecified atom stereocenters. The summed E-state index contributed by atoms with van der Waals surface area (Å²) in [6, 6.07) is 1.94. The maximum atomic E-state index is 6.03. The molecule has 1 aromatic heterocycles. The van der Waals surface area contributed by atoms with Crippen molar-refractivity contribution >= 4 is 0 Å². The second-order valence-electron chi connectivity index (χ2n) is 4.39. The number of ether oxygens (including phenoxy) is 2. The van der Waals surface area contributed by atoms with Gasteiger partial charge < -0.3 is 9.47 Å². The van der Waals surface area contributed by atoms with Crippen LogP contribution in [0.1, 0.15) is 24.8 Å². The summed E-state index contributed by atoms with van der Waals surface area (Å²) in [5.41, 5.74) is 1.22. The minimum atomic E-state index is -0.353. The molecule has 0 amide bonds. The van der Waals surface area contributed by atoms with Crippen LogP contribution < -0.4 is 4.74 Å². The van der Waals surface area contributed by atoms with Crippen molar-refractivity contribution in [2.24, 2.45) is 5.92 Å². The molecule has 1 aliphatic heterocycles. The Morgan fingerprint density at radius 3 is 3.40 bits per heavy atom. The first kappa shape index (κ1) is 9.16. The van der Waals surface area contributed by atoms with Crippen LogP contribution in [0.15, 0.2) is 18.5 Å². The van der Waals surface area contributed by atoms with Crippen LogP contribution in [-0.2, 0) is 11.2 Å². The molecule has 2 aliphatic rings. The van der Waals surface area contributed by atoms with Crippen molar-refractivity contribution in [1.29, 1.82) is 0 Å². The molecule has 1 aromatic rings. The van der Waals surface area contributed by atoms with Crippen molar-refractivity contribution in [3.05, 3.63) is 24.0 Å². The Morgan fingerprint density at radius 1 is 1.60 bits per heavy atom. The van der Waals surface area contributed by atoms with Crippen LogP contribution in [-0.4, -0.2) is 17.9 Å². The lowest BCUT2D eigenvalue weighted by Crippen LogP contribution is -2.45. The third-order valence-corrected chi connectivity index (χ3v) is 3.65. The number of hydrogen-bond donors (Lipinski definition) is 0. The number of nitrogens with zero attached hydrogens (tertiary/aromatic N) is 1.